The minimum atomic E-state index is 0.316. The first-order valence-electron chi connectivity index (χ1n) is 3.87. The van der Waals surface area contributed by atoms with E-state index >= 15 is 0 Å². The second kappa shape index (κ2) is 3.18. The van der Waals surface area contributed by atoms with E-state index in [-0.39, 0.29) is 0 Å². The summed E-state index contributed by atoms with van der Waals surface area (Å²) in [4.78, 5) is 0. The van der Waals surface area contributed by atoms with E-state index in [1.165, 1.54) is 31.7 Å². The third-order valence-electron chi connectivity index (χ3n) is 1.77. The van der Waals surface area contributed by atoms with Gasteiger partial charge in [0.05, 0.1) is 0 Å². The van der Waals surface area contributed by atoms with Gasteiger partial charge in [0.2, 0.25) is 0 Å². The van der Waals surface area contributed by atoms with E-state index in [9.17, 15) is 0 Å². The molecule has 0 aromatic heterocycles. The van der Waals surface area contributed by atoms with Crippen LogP contribution in [0, 0.1) is 0 Å². The maximum atomic E-state index is 2.27. The average Bonchev–Trinajstić information content (AvgIpc) is 1.86. The zero-order valence-electron chi connectivity index (χ0n) is 7.39. The Bertz CT molecular complexity index is 245. The van der Waals surface area contributed by atoms with Crippen LogP contribution in [-0.2, 0) is 5.41 Å². The van der Waals surface area contributed by atoms with Gasteiger partial charge in [-0.05, 0) is 0 Å². The van der Waals surface area contributed by atoms with Gasteiger partial charge in [-0.1, -0.05) is 0 Å². The molecular formula is C10H14Sn. The maximum absolute atomic E-state index is 2.27. The summed E-state index contributed by atoms with van der Waals surface area (Å²) < 4.78 is 1.52. The summed E-state index contributed by atoms with van der Waals surface area (Å²) >= 11 is 1.22. The van der Waals surface area contributed by atoms with Crippen molar-refractivity contribution in [2.75, 3.05) is 0 Å². The van der Waals surface area contributed by atoms with Gasteiger partial charge in [0.25, 0.3) is 0 Å². The SMILES string of the molecule is CC(C)(C)c1cccc[c]1[SnH]. The topological polar surface area (TPSA) is 0 Å². The van der Waals surface area contributed by atoms with E-state index in [0.717, 1.165) is 0 Å². The van der Waals surface area contributed by atoms with Gasteiger partial charge in [-0.15, -0.1) is 0 Å². The predicted octanol–water partition coefficient (Wildman–Crippen LogP) is 1.51. The van der Waals surface area contributed by atoms with Gasteiger partial charge in [-0.2, -0.15) is 0 Å². The van der Waals surface area contributed by atoms with Crippen LogP contribution in [0.25, 0.3) is 0 Å². The second-order valence-corrected chi connectivity index (χ2v) is 5.61. The molecule has 1 aromatic rings. The normalized spacial score (nSPS) is 11.6. The predicted molar refractivity (Wildman–Crippen MR) is 51.9 cm³/mol. The fraction of sp³-hybridized carbons (Fsp3) is 0.400. The fourth-order valence-corrected chi connectivity index (χ4v) is 3.01. The van der Waals surface area contributed by atoms with Gasteiger partial charge in [0.15, 0.2) is 0 Å². The number of rotatable bonds is 0. The molecule has 0 nitrogen and oxygen atoms in total. The van der Waals surface area contributed by atoms with Crippen LogP contribution in [0.5, 0.6) is 0 Å². The molecular weight excluding hydrogens is 239 g/mol. The quantitative estimate of drug-likeness (QED) is 0.615. The molecule has 0 bridgehead atoms. The molecule has 0 unspecified atom stereocenters. The first-order valence-corrected chi connectivity index (χ1v) is 5.51. The van der Waals surface area contributed by atoms with Crippen molar-refractivity contribution in [2.24, 2.45) is 0 Å². The standard InChI is InChI=1S/C10H13.Sn.H/c1-10(2,3)9-7-5-4-6-8-9;;/h4-7H,1-3H3;;. The van der Waals surface area contributed by atoms with Gasteiger partial charge in [0.1, 0.15) is 0 Å². The molecule has 0 fully saturated rings. The van der Waals surface area contributed by atoms with Crippen LogP contribution >= 0.6 is 0 Å². The van der Waals surface area contributed by atoms with E-state index in [4.69, 9.17) is 0 Å². The van der Waals surface area contributed by atoms with Crippen molar-refractivity contribution in [3.8, 4) is 0 Å². The molecule has 0 aliphatic heterocycles. The summed E-state index contributed by atoms with van der Waals surface area (Å²) in [6.45, 7) is 6.80. The van der Waals surface area contributed by atoms with Crippen LogP contribution in [0.3, 0.4) is 0 Å². The molecule has 0 spiro atoms. The summed E-state index contributed by atoms with van der Waals surface area (Å²) in [6, 6.07) is 8.71. The van der Waals surface area contributed by atoms with Gasteiger partial charge >= 0.3 is 82.1 Å². The molecule has 0 saturated heterocycles. The Balaban J connectivity index is 3.14. The van der Waals surface area contributed by atoms with E-state index in [1.807, 2.05) is 0 Å². The molecule has 1 heteroatoms. The number of hydrogen-bond acceptors (Lipinski definition) is 0. The van der Waals surface area contributed by atoms with Crippen molar-refractivity contribution in [1.29, 1.82) is 0 Å². The average molecular weight is 253 g/mol. The fourth-order valence-electron chi connectivity index (χ4n) is 1.18. The van der Waals surface area contributed by atoms with Crippen LogP contribution < -0.4 is 3.58 Å². The molecule has 2 radical (unpaired) electrons. The molecule has 11 heavy (non-hydrogen) atoms. The molecule has 0 saturated carbocycles. The monoisotopic (exact) mass is 254 g/mol. The van der Waals surface area contributed by atoms with E-state index < -0.39 is 0 Å². The third kappa shape index (κ3) is 2.22. The Labute approximate surface area is 82.1 Å². The molecule has 1 aromatic carbocycles. The van der Waals surface area contributed by atoms with E-state index in [2.05, 4.69) is 45.0 Å². The van der Waals surface area contributed by atoms with Crippen molar-refractivity contribution < 1.29 is 0 Å². The van der Waals surface area contributed by atoms with Crippen LogP contribution in [-0.4, -0.2) is 22.5 Å². The van der Waals surface area contributed by atoms with Crippen molar-refractivity contribution in [3.05, 3.63) is 29.8 Å². The van der Waals surface area contributed by atoms with Gasteiger partial charge in [-0.3, -0.25) is 0 Å². The molecule has 0 heterocycles. The van der Waals surface area contributed by atoms with Crippen molar-refractivity contribution >= 4 is 26.1 Å². The summed E-state index contributed by atoms with van der Waals surface area (Å²) in [5, 5.41) is 0. The molecule has 58 valence electrons. The van der Waals surface area contributed by atoms with Crippen molar-refractivity contribution in [2.45, 2.75) is 26.2 Å². The molecule has 0 aliphatic carbocycles. The zero-order valence-corrected chi connectivity index (χ0v) is 10.7. The molecule has 0 N–H and O–H groups in total. The minimum absolute atomic E-state index is 0.316. The Kier molecular flexibility index (Phi) is 2.63. The summed E-state index contributed by atoms with van der Waals surface area (Å²) in [6.07, 6.45) is 0. The Hall–Kier alpha value is 0.0187. The molecule has 0 amide bonds. The Morgan fingerprint density at radius 3 is 2.00 bits per heavy atom. The Morgan fingerprint density at radius 1 is 1.09 bits per heavy atom. The second-order valence-electron chi connectivity index (χ2n) is 3.84. The number of hydrogen-bond donors (Lipinski definition) is 0. The third-order valence-corrected chi connectivity index (χ3v) is 3.21. The first kappa shape index (κ1) is 9.11. The van der Waals surface area contributed by atoms with Crippen LogP contribution in [0.4, 0.5) is 0 Å². The summed E-state index contributed by atoms with van der Waals surface area (Å²) in [5.41, 5.74) is 1.82. The molecule has 1 rings (SSSR count). The molecule has 0 atom stereocenters. The zero-order chi connectivity index (χ0) is 8.48. The van der Waals surface area contributed by atoms with E-state index in [1.54, 1.807) is 0 Å². The summed E-state index contributed by atoms with van der Waals surface area (Å²) in [7, 11) is 0. The van der Waals surface area contributed by atoms with Crippen LogP contribution in [0.2, 0.25) is 0 Å². The first-order chi connectivity index (χ1) is 5.02. The van der Waals surface area contributed by atoms with Crippen molar-refractivity contribution in [3.63, 3.8) is 0 Å². The van der Waals surface area contributed by atoms with Gasteiger partial charge in [0, 0.05) is 0 Å². The number of benzene rings is 1. The molecule has 0 aliphatic rings. The van der Waals surface area contributed by atoms with Crippen LogP contribution in [0.1, 0.15) is 26.3 Å². The van der Waals surface area contributed by atoms with Crippen molar-refractivity contribution in [1.82, 2.24) is 0 Å². The van der Waals surface area contributed by atoms with Crippen LogP contribution in [0.15, 0.2) is 24.3 Å². The van der Waals surface area contributed by atoms with Gasteiger partial charge < -0.3 is 0 Å². The summed E-state index contributed by atoms with van der Waals surface area (Å²) in [5.74, 6) is 0. The Morgan fingerprint density at radius 2 is 1.64 bits per heavy atom. The van der Waals surface area contributed by atoms with E-state index in [0.29, 0.717) is 5.41 Å². The van der Waals surface area contributed by atoms with Gasteiger partial charge in [-0.25, -0.2) is 0 Å².